The monoisotopic (exact) mass is 236 g/mol. The Bertz CT molecular complexity index is 379. The van der Waals surface area contributed by atoms with Gasteiger partial charge in [-0.3, -0.25) is 4.79 Å². The zero-order chi connectivity index (χ0) is 12.8. The molecule has 0 bridgehead atoms. The van der Waals surface area contributed by atoms with Crippen LogP contribution in [-0.4, -0.2) is 19.6 Å². The van der Waals surface area contributed by atoms with Gasteiger partial charge in [-0.05, 0) is 24.6 Å². The number of carbonyl (C=O) groups excluding carboxylic acids is 1. The third kappa shape index (κ3) is 3.84. The lowest BCUT2D eigenvalue weighted by Crippen LogP contribution is -2.26. The van der Waals surface area contributed by atoms with Crippen molar-refractivity contribution in [1.29, 1.82) is 0 Å². The number of nitrogens with two attached hydrogens (primary N) is 1. The van der Waals surface area contributed by atoms with Gasteiger partial charge in [-0.25, -0.2) is 0 Å². The van der Waals surface area contributed by atoms with Crippen LogP contribution in [0.25, 0.3) is 0 Å². The van der Waals surface area contributed by atoms with E-state index in [-0.39, 0.29) is 17.9 Å². The number of rotatable bonds is 5. The molecule has 1 rings (SSSR count). The predicted molar refractivity (Wildman–Crippen MR) is 68.7 cm³/mol. The lowest BCUT2D eigenvalue weighted by Gasteiger charge is -2.13. The molecule has 2 unspecified atom stereocenters. The third-order valence-corrected chi connectivity index (χ3v) is 2.78. The third-order valence-electron chi connectivity index (χ3n) is 2.78. The SMILES string of the molecule is COC(C)c1cccc(NC(=O)C(C)CN)c1. The molecule has 4 heteroatoms. The van der Waals surface area contributed by atoms with Crippen LogP contribution in [0.15, 0.2) is 24.3 Å². The van der Waals surface area contributed by atoms with E-state index in [1.807, 2.05) is 31.2 Å². The van der Waals surface area contributed by atoms with Crippen LogP contribution >= 0.6 is 0 Å². The summed E-state index contributed by atoms with van der Waals surface area (Å²) in [6, 6.07) is 7.63. The average Bonchev–Trinajstić information content (AvgIpc) is 2.37. The first-order chi connectivity index (χ1) is 8.08. The van der Waals surface area contributed by atoms with Crippen LogP contribution < -0.4 is 11.1 Å². The van der Waals surface area contributed by atoms with Gasteiger partial charge < -0.3 is 15.8 Å². The summed E-state index contributed by atoms with van der Waals surface area (Å²) in [4.78, 5) is 11.7. The van der Waals surface area contributed by atoms with Crippen molar-refractivity contribution >= 4 is 11.6 Å². The minimum atomic E-state index is -0.182. The molecule has 0 heterocycles. The second kappa shape index (κ2) is 6.37. The van der Waals surface area contributed by atoms with Crippen molar-refractivity contribution < 1.29 is 9.53 Å². The highest BCUT2D eigenvalue weighted by Crippen LogP contribution is 2.19. The molecule has 1 aromatic carbocycles. The lowest BCUT2D eigenvalue weighted by molar-refractivity contribution is -0.119. The Labute approximate surface area is 102 Å². The van der Waals surface area contributed by atoms with Crippen molar-refractivity contribution in [2.75, 3.05) is 19.0 Å². The van der Waals surface area contributed by atoms with E-state index in [0.717, 1.165) is 11.3 Å². The minimum Gasteiger partial charge on any atom is -0.377 e. The molecular formula is C13H20N2O2. The van der Waals surface area contributed by atoms with Crippen LogP contribution in [0.1, 0.15) is 25.5 Å². The van der Waals surface area contributed by atoms with E-state index in [0.29, 0.717) is 6.54 Å². The summed E-state index contributed by atoms with van der Waals surface area (Å²) >= 11 is 0. The lowest BCUT2D eigenvalue weighted by atomic mass is 10.1. The van der Waals surface area contributed by atoms with Crippen LogP contribution in [0, 0.1) is 5.92 Å². The first-order valence-corrected chi connectivity index (χ1v) is 5.72. The molecule has 0 spiro atoms. The average molecular weight is 236 g/mol. The Balaban J connectivity index is 2.75. The zero-order valence-electron chi connectivity index (χ0n) is 10.6. The molecule has 0 aliphatic heterocycles. The highest BCUT2D eigenvalue weighted by Gasteiger charge is 2.11. The number of ether oxygens (including phenoxy) is 1. The van der Waals surface area contributed by atoms with Crippen molar-refractivity contribution in [1.82, 2.24) is 0 Å². The molecule has 17 heavy (non-hydrogen) atoms. The smallest absolute Gasteiger partial charge is 0.228 e. The van der Waals surface area contributed by atoms with E-state index >= 15 is 0 Å². The Morgan fingerprint density at radius 2 is 2.18 bits per heavy atom. The quantitative estimate of drug-likeness (QED) is 0.821. The number of methoxy groups -OCH3 is 1. The number of amides is 1. The van der Waals surface area contributed by atoms with Crippen molar-refractivity contribution in [3.63, 3.8) is 0 Å². The second-order valence-electron chi connectivity index (χ2n) is 4.13. The van der Waals surface area contributed by atoms with E-state index < -0.39 is 0 Å². The molecular weight excluding hydrogens is 216 g/mol. The van der Waals surface area contributed by atoms with Crippen molar-refractivity contribution in [2.24, 2.45) is 11.7 Å². The molecule has 0 aliphatic carbocycles. The summed E-state index contributed by atoms with van der Waals surface area (Å²) < 4.78 is 5.23. The molecule has 1 aromatic rings. The molecule has 4 nitrogen and oxygen atoms in total. The van der Waals surface area contributed by atoms with Gasteiger partial charge in [-0.1, -0.05) is 19.1 Å². The number of hydrogen-bond donors (Lipinski definition) is 2. The minimum absolute atomic E-state index is 0.0128. The molecule has 3 N–H and O–H groups in total. The van der Waals surface area contributed by atoms with Gasteiger partial charge in [0, 0.05) is 25.3 Å². The number of anilines is 1. The van der Waals surface area contributed by atoms with Gasteiger partial charge in [0.2, 0.25) is 5.91 Å². The van der Waals surface area contributed by atoms with Crippen LogP contribution in [0.4, 0.5) is 5.69 Å². The molecule has 94 valence electrons. The Kier molecular flexibility index (Phi) is 5.12. The first-order valence-electron chi connectivity index (χ1n) is 5.72. The molecule has 0 fully saturated rings. The number of carbonyl (C=O) groups is 1. The molecule has 2 atom stereocenters. The fraction of sp³-hybridized carbons (Fsp3) is 0.462. The largest absolute Gasteiger partial charge is 0.377 e. The van der Waals surface area contributed by atoms with Gasteiger partial charge in [0.05, 0.1) is 6.10 Å². The highest BCUT2D eigenvalue weighted by atomic mass is 16.5. The number of nitrogens with one attached hydrogen (secondary N) is 1. The summed E-state index contributed by atoms with van der Waals surface area (Å²) in [7, 11) is 1.66. The van der Waals surface area contributed by atoms with E-state index in [4.69, 9.17) is 10.5 Å². The second-order valence-corrected chi connectivity index (χ2v) is 4.13. The molecule has 0 aliphatic rings. The fourth-order valence-corrected chi connectivity index (χ4v) is 1.38. The summed E-state index contributed by atoms with van der Waals surface area (Å²) in [6.45, 7) is 4.11. The topological polar surface area (TPSA) is 64.3 Å². The van der Waals surface area contributed by atoms with Crippen molar-refractivity contribution in [3.05, 3.63) is 29.8 Å². The normalized spacial score (nSPS) is 14.1. The van der Waals surface area contributed by atoms with E-state index in [2.05, 4.69) is 5.32 Å². The van der Waals surface area contributed by atoms with Crippen LogP contribution in [-0.2, 0) is 9.53 Å². The van der Waals surface area contributed by atoms with Gasteiger partial charge in [0.25, 0.3) is 0 Å². The predicted octanol–water partition coefficient (Wildman–Crippen LogP) is 1.93. The fourth-order valence-electron chi connectivity index (χ4n) is 1.38. The van der Waals surface area contributed by atoms with Gasteiger partial charge >= 0.3 is 0 Å². The standard InChI is InChI=1S/C13H20N2O2/c1-9(8-14)13(16)15-12-6-4-5-11(7-12)10(2)17-3/h4-7,9-10H,8,14H2,1-3H3,(H,15,16). The van der Waals surface area contributed by atoms with Crippen LogP contribution in [0.3, 0.4) is 0 Å². The molecule has 0 aromatic heterocycles. The summed E-state index contributed by atoms with van der Waals surface area (Å²) in [5.74, 6) is -0.242. The number of benzene rings is 1. The zero-order valence-corrected chi connectivity index (χ0v) is 10.6. The molecule has 1 amide bonds. The number of hydrogen-bond acceptors (Lipinski definition) is 3. The van der Waals surface area contributed by atoms with Gasteiger partial charge in [0.1, 0.15) is 0 Å². The van der Waals surface area contributed by atoms with Crippen molar-refractivity contribution in [3.8, 4) is 0 Å². The Morgan fingerprint density at radius 1 is 1.47 bits per heavy atom. The van der Waals surface area contributed by atoms with E-state index in [1.165, 1.54) is 0 Å². The Hall–Kier alpha value is -1.39. The maximum atomic E-state index is 11.7. The van der Waals surface area contributed by atoms with Gasteiger partial charge in [-0.2, -0.15) is 0 Å². The summed E-state index contributed by atoms with van der Waals surface area (Å²) in [5.41, 5.74) is 7.25. The van der Waals surface area contributed by atoms with Gasteiger partial charge in [0.15, 0.2) is 0 Å². The molecule has 0 saturated heterocycles. The summed E-state index contributed by atoms with van der Waals surface area (Å²) in [6.07, 6.45) is 0.0128. The van der Waals surface area contributed by atoms with Crippen molar-refractivity contribution in [2.45, 2.75) is 20.0 Å². The molecule has 0 saturated carbocycles. The summed E-state index contributed by atoms with van der Waals surface area (Å²) in [5, 5.41) is 2.84. The highest BCUT2D eigenvalue weighted by molar-refractivity contribution is 5.92. The van der Waals surface area contributed by atoms with Gasteiger partial charge in [-0.15, -0.1) is 0 Å². The van der Waals surface area contributed by atoms with Crippen LogP contribution in [0.2, 0.25) is 0 Å². The van der Waals surface area contributed by atoms with Crippen LogP contribution in [0.5, 0.6) is 0 Å². The first kappa shape index (κ1) is 13.7. The Morgan fingerprint density at radius 3 is 2.76 bits per heavy atom. The molecule has 0 radical (unpaired) electrons. The van der Waals surface area contributed by atoms with E-state index in [9.17, 15) is 4.79 Å². The van der Waals surface area contributed by atoms with E-state index in [1.54, 1.807) is 14.0 Å². The maximum Gasteiger partial charge on any atom is 0.228 e. The maximum absolute atomic E-state index is 11.7.